The lowest BCUT2D eigenvalue weighted by atomic mass is 9.99. The number of terminal acetylenes is 1. The van der Waals surface area contributed by atoms with E-state index in [0.29, 0.717) is 28.3 Å². The van der Waals surface area contributed by atoms with Crippen molar-refractivity contribution in [2.75, 3.05) is 26.3 Å². The van der Waals surface area contributed by atoms with Crippen molar-refractivity contribution < 1.29 is 9.53 Å². The smallest absolute Gasteiger partial charge is 0.263 e. The van der Waals surface area contributed by atoms with Crippen LogP contribution >= 0.6 is 22.9 Å². The summed E-state index contributed by atoms with van der Waals surface area (Å²) in [7, 11) is 0. The molecule has 1 unspecified atom stereocenters. The molecule has 1 atom stereocenters. The van der Waals surface area contributed by atoms with Gasteiger partial charge in [0.05, 0.1) is 15.8 Å². The number of thiophene rings is 1. The van der Waals surface area contributed by atoms with E-state index in [-0.39, 0.29) is 5.91 Å². The molecule has 0 aromatic carbocycles. The Bertz CT molecular complexity index is 480. The first kappa shape index (κ1) is 14.4. The highest BCUT2D eigenvalue weighted by atomic mass is 35.5. The Morgan fingerprint density at radius 1 is 1.63 bits per heavy atom. The molecule has 2 rings (SSSR count). The van der Waals surface area contributed by atoms with E-state index in [1.54, 1.807) is 12.1 Å². The summed E-state index contributed by atoms with van der Waals surface area (Å²) in [5.41, 5.74) is 0. The zero-order valence-corrected chi connectivity index (χ0v) is 12.2. The van der Waals surface area contributed by atoms with Crippen molar-refractivity contribution in [1.82, 2.24) is 4.90 Å². The lowest BCUT2D eigenvalue weighted by molar-refractivity contribution is 0.0538. The van der Waals surface area contributed by atoms with Crippen LogP contribution in [-0.4, -0.2) is 37.1 Å². The normalized spacial score (nSPS) is 19.2. The number of hydrogen-bond donors (Lipinski definition) is 0. The van der Waals surface area contributed by atoms with Crippen molar-refractivity contribution >= 4 is 28.8 Å². The van der Waals surface area contributed by atoms with E-state index in [1.807, 2.05) is 4.90 Å². The Hall–Kier alpha value is -1.02. The quantitative estimate of drug-likeness (QED) is 0.632. The fourth-order valence-corrected chi connectivity index (χ4v) is 3.27. The predicted molar refractivity (Wildman–Crippen MR) is 77.6 cm³/mol. The molecule has 1 saturated heterocycles. The molecule has 0 saturated carbocycles. The lowest BCUT2D eigenvalue weighted by Gasteiger charge is -2.32. The molecule has 0 N–H and O–H groups in total. The van der Waals surface area contributed by atoms with Gasteiger partial charge in [0.2, 0.25) is 0 Å². The molecule has 1 fully saturated rings. The van der Waals surface area contributed by atoms with E-state index < -0.39 is 0 Å². The fraction of sp³-hybridized carbons (Fsp3) is 0.500. The molecular formula is C14H16ClNO2S. The molecule has 1 aromatic rings. The van der Waals surface area contributed by atoms with Gasteiger partial charge < -0.3 is 9.64 Å². The molecule has 0 aliphatic carbocycles. The van der Waals surface area contributed by atoms with Gasteiger partial charge in [0.15, 0.2) is 0 Å². The second-order valence-electron chi connectivity index (χ2n) is 4.58. The van der Waals surface area contributed by atoms with E-state index in [0.717, 1.165) is 25.9 Å². The Balaban J connectivity index is 1.90. The first-order valence-corrected chi connectivity index (χ1v) is 7.46. The molecule has 0 spiro atoms. The first-order chi connectivity index (χ1) is 9.20. The Morgan fingerprint density at radius 2 is 2.47 bits per heavy atom. The summed E-state index contributed by atoms with van der Waals surface area (Å²) in [6.07, 6.45) is 7.24. The monoisotopic (exact) mass is 297 g/mol. The van der Waals surface area contributed by atoms with Crippen LogP contribution in [0.4, 0.5) is 0 Å². The minimum atomic E-state index is 0.0681. The maximum absolute atomic E-state index is 12.3. The molecule has 2 heterocycles. The van der Waals surface area contributed by atoms with Gasteiger partial charge in [-0.3, -0.25) is 4.79 Å². The Kier molecular flexibility index (Phi) is 5.26. The molecular weight excluding hydrogens is 282 g/mol. The van der Waals surface area contributed by atoms with E-state index in [9.17, 15) is 4.79 Å². The van der Waals surface area contributed by atoms with E-state index in [2.05, 4.69) is 5.92 Å². The van der Waals surface area contributed by atoms with Crippen LogP contribution < -0.4 is 0 Å². The second-order valence-corrected chi connectivity index (χ2v) is 6.30. The standard InChI is InChI=1S/C14H16ClNO2S/c1-2-8-18-10-11-4-3-7-16(9-11)14(17)12-5-6-13(15)19-12/h1,5-6,11H,3-4,7-10H2. The summed E-state index contributed by atoms with van der Waals surface area (Å²) < 4.78 is 6.02. The van der Waals surface area contributed by atoms with Crippen molar-refractivity contribution in [3.05, 3.63) is 21.3 Å². The molecule has 1 aromatic heterocycles. The van der Waals surface area contributed by atoms with Crippen LogP contribution in [0.2, 0.25) is 4.34 Å². The summed E-state index contributed by atoms with van der Waals surface area (Å²) >= 11 is 7.19. The number of hydrogen-bond acceptors (Lipinski definition) is 3. The first-order valence-electron chi connectivity index (χ1n) is 6.26. The van der Waals surface area contributed by atoms with Gasteiger partial charge in [0.25, 0.3) is 5.91 Å². The Labute approximate surface area is 122 Å². The van der Waals surface area contributed by atoms with Gasteiger partial charge in [0, 0.05) is 19.0 Å². The summed E-state index contributed by atoms with van der Waals surface area (Å²) in [6, 6.07) is 3.55. The number of likely N-dealkylation sites (tertiary alicyclic amines) is 1. The van der Waals surface area contributed by atoms with Gasteiger partial charge >= 0.3 is 0 Å². The van der Waals surface area contributed by atoms with Gasteiger partial charge in [-0.2, -0.15) is 0 Å². The van der Waals surface area contributed by atoms with Gasteiger partial charge in [0.1, 0.15) is 6.61 Å². The van der Waals surface area contributed by atoms with Crippen molar-refractivity contribution in [2.24, 2.45) is 5.92 Å². The molecule has 0 radical (unpaired) electrons. The number of nitrogens with zero attached hydrogens (tertiary/aromatic N) is 1. The number of rotatable bonds is 4. The highest BCUT2D eigenvalue weighted by Gasteiger charge is 2.25. The molecule has 1 amide bonds. The zero-order chi connectivity index (χ0) is 13.7. The van der Waals surface area contributed by atoms with Gasteiger partial charge in [-0.05, 0) is 25.0 Å². The van der Waals surface area contributed by atoms with Crippen molar-refractivity contribution in [2.45, 2.75) is 12.8 Å². The van der Waals surface area contributed by atoms with Crippen molar-refractivity contribution in [1.29, 1.82) is 0 Å². The molecule has 19 heavy (non-hydrogen) atoms. The van der Waals surface area contributed by atoms with Crippen LogP contribution in [0.5, 0.6) is 0 Å². The second kappa shape index (κ2) is 6.95. The van der Waals surface area contributed by atoms with E-state index >= 15 is 0 Å². The third-order valence-electron chi connectivity index (χ3n) is 3.13. The summed E-state index contributed by atoms with van der Waals surface area (Å²) in [6.45, 7) is 2.50. The lowest BCUT2D eigenvalue weighted by Crippen LogP contribution is -2.41. The molecule has 0 bridgehead atoms. The number of piperidine rings is 1. The highest BCUT2D eigenvalue weighted by molar-refractivity contribution is 7.17. The summed E-state index contributed by atoms with van der Waals surface area (Å²) in [5.74, 6) is 2.90. The molecule has 1 aliphatic heterocycles. The number of halogens is 1. The minimum Gasteiger partial charge on any atom is -0.368 e. The SMILES string of the molecule is C#CCOCC1CCCN(C(=O)c2ccc(Cl)s2)C1. The summed E-state index contributed by atoms with van der Waals surface area (Å²) in [5, 5.41) is 0. The molecule has 102 valence electrons. The molecule has 5 heteroatoms. The highest BCUT2D eigenvalue weighted by Crippen LogP contribution is 2.25. The van der Waals surface area contributed by atoms with Crippen LogP contribution in [0.15, 0.2) is 12.1 Å². The van der Waals surface area contributed by atoms with E-state index in [1.165, 1.54) is 11.3 Å². The number of carbonyl (C=O) groups is 1. The maximum Gasteiger partial charge on any atom is 0.263 e. The fourth-order valence-electron chi connectivity index (χ4n) is 2.26. The predicted octanol–water partition coefficient (Wildman–Crippen LogP) is 2.90. The molecule has 1 aliphatic rings. The largest absolute Gasteiger partial charge is 0.368 e. The van der Waals surface area contributed by atoms with Crippen LogP contribution in [-0.2, 0) is 4.74 Å². The number of carbonyl (C=O) groups excluding carboxylic acids is 1. The van der Waals surface area contributed by atoms with Crippen LogP contribution in [0, 0.1) is 18.3 Å². The third-order valence-corrected chi connectivity index (χ3v) is 4.35. The van der Waals surface area contributed by atoms with Gasteiger partial charge in [-0.25, -0.2) is 0 Å². The minimum absolute atomic E-state index is 0.0681. The zero-order valence-electron chi connectivity index (χ0n) is 10.6. The third kappa shape index (κ3) is 3.97. The van der Waals surface area contributed by atoms with Gasteiger partial charge in [-0.1, -0.05) is 17.5 Å². The average molecular weight is 298 g/mol. The van der Waals surface area contributed by atoms with Crippen molar-refractivity contribution in [3.63, 3.8) is 0 Å². The van der Waals surface area contributed by atoms with Crippen molar-refractivity contribution in [3.8, 4) is 12.3 Å². The summed E-state index contributed by atoms with van der Waals surface area (Å²) in [4.78, 5) is 14.9. The van der Waals surface area contributed by atoms with E-state index in [4.69, 9.17) is 22.8 Å². The topological polar surface area (TPSA) is 29.5 Å². The number of amides is 1. The Morgan fingerprint density at radius 3 is 3.16 bits per heavy atom. The average Bonchev–Trinajstić information content (AvgIpc) is 2.85. The van der Waals surface area contributed by atoms with Crippen LogP contribution in [0.1, 0.15) is 22.5 Å². The van der Waals surface area contributed by atoms with Crippen LogP contribution in [0.25, 0.3) is 0 Å². The number of ether oxygens (including phenoxy) is 1. The maximum atomic E-state index is 12.3. The molecule has 3 nitrogen and oxygen atoms in total. The van der Waals surface area contributed by atoms with Crippen LogP contribution in [0.3, 0.4) is 0 Å². The van der Waals surface area contributed by atoms with Gasteiger partial charge in [-0.15, -0.1) is 17.8 Å².